The van der Waals surface area contributed by atoms with Gasteiger partial charge in [-0.15, -0.1) is 24.8 Å². The van der Waals surface area contributed by atoms with Crippen molar-refractivity contribution in [3.63, 3.8) is 0 Å². The van der Waals surface area contributed by atoms with Crippen molar-refractivity contribution in [2.75, 3.05) is 0 Å². The monoisotopic (exact) mass is 172 g/mol. The minimum absolute atomic E-state index is 0. The summed E-state index contributed by atoms with van der Waals surface area (Å²) in [6.45, 7) is 0. The Labute approximate surface area is 68.2 Å². The summed E-state index contributed by atoms with van der Waals surface area (Å²) in [4.78, 5) is 0. The van der Waals surface area contributed by atoms with Crippen LogP contribution in [0.5, 0.6) is 0 Å². The first-order valence-corrected chi connectivity index (χ1v) is 2.82. The standard InChI is InChI=1S/C5H12N2.2ClH/c6-4-2-1-3-5(4)7;;/h4-5H,1-3,6-7H2;2*1H/t4-,5+;;. The van der Waals surface area contributed by atoms with E-state index in [1.807, 2.05) is 0 Å². The van der Waals surface area contributed by atoms with Crippen molar-refractivity contribution in [3.8, 4) is 0 Å². The third-order valence-electron chi connectivity index (χ3n) is 1.62. The van der Waals surface area contributed by atoms with Gasteiger partial charge in [0.05, 0.1) is 0 Å². The molecular weight excluding hydrogens is 159 g/mol. The summed E-state index contributed by atoms with van der Waals surface area (Å²) < 4.78 is 0. The predicted molar refractivity (Wildman–Crippen MR) is 44.3 cm³/mol. The molecule has 2 atom stereocenters. The molecule has 0 aromatic carbocycles. The van der Waals surface area contributed by atoms with E-state index >= 15 is 0 Å². The number of halogens is 2. The highest BCUT2D eigenvalue weighted by atomic mass is 35.5. The first-order chi connectivity index (χ1) is 3.30. The second kappa shape index (κ2) is 5.30. The summed E-state index contributed by atoms with van der Waals surface area (Å²) in [5.74, 6) is 0. The van der Waals surface area contributed by atoms with Gasteiger partial charge in [0, 0.05) is 12.1 Å². The fourth-order valence-corrected chi connectivity index (χ4v) is 1.02. The van der Waals surface area contributed by atoms with Crippen molar-refractivity contribution >= 4 is 24.8 Å². The molecule has 4 N–H and O–H groups in total. The zero-order valence-electron chi connectivity index (χ0n) is 5.25. The Balaban J connectivity index is 0. The Bertz CT molecular complexity index is 62.0. The van der Waals surface area contributed by atoms with Crippen LogP contribution >= 0.6 is 24.8 Å². The fraction of sp³-hybridized carbons (Fsp3) is 1.00. The molecule has 1 rings (SSSR count). The molecule has 1 fully saturated rings. The van der Waals surface area contributed by atoms with Gasteiger partial charge in [-0.1, -0.05) is 6.42 Å². The molecule has 9 heavy (non-hydrogen) atoms. The van der Waals surface area contributed by atoms with Crippen LogP contribution in [0.2, 0.25) is 0 Å². The van der Waals surface area contributed by atoms with E-state index in [1.54, 1.807) is 0 Å². The van der Waals surface area contributed by atoms with E-state index < -0.39 is 0 Å². The van der Waals surface area contributed by atoms with Crippen molar-refractivity contribution in [2.24, 2.45) is 11.5 Å². The second-order valence-corrected chi connectivity index (χ2v) is 2.26. The molecule has 0 radical (unpaired) electrons. The number of hydrogen-bond donors (Lipinski definition) is 2. The lowest BCUT2D eigenvalue weighted by atomic mass is 10.2. The lowest BCUT2D eigenvalue weighted by Gasteiger charge is -2.05. The normalized spacial score (nSPS) is 32.7. The van der Waals surface area contributed by atoms with Crippen LogP contribution in [0.4, 0.5) is 0 Å². The maximum absolute atomic E-state index is 5.55. The van der Waals surface area contributed by atoms with E-state index in [0.717, 1.165) is 12.8 Å². The third-order valence-corrected chi connectivity index (χ3v) is 1.62. The number of nitrogens with two attached hydrogens (primary N) is 2. The van der Waals surface area contributed by atoms with Crippen LogP contribution < -0.4 is 11.5 Å². The van der Waals surface area contributed by atoms with Crippen LogP contribution in [0.15, 0.2) is 0 Å². The van der Waals surface area contributed by atoms with Gasteiger partial charge >= 0.3 is 0 Å². The van der Waals surface area contributed by atoms with E-state index in [-0.39, 0.29) is 24.8 Å². The average Bonchev–Trinajstić information content (AvgIpc) is 1.91. The highest BCUT2D eigenvalue weighted by molar-refractivity contribution is 5.85. The Kier molecular flexibility index (Phi) is 7.18. The summed E-state index contributed by atoms with van der Waals surface area (Å²) in [6.07, 6.45) is 3.48. The van der Waals surface area contributed by atoms with Crippen molar-refractivity contribution in [1.29, 1.82) is 0 Å². The molecule has 0 spiro atoms. The zero-order chi connectivity index (χ0) is 5.28. The third kappa shape index (κ3) is 3.26. The van der Waals surface area contributed by atoms with E-state index in [0.29, 0.717) is 12.1 Å². The van der Waals surface area contributed by atoms with Crippen LogP contribution in [-0.4, -0.2) is 12.1 Å². The molecule has 0 aromatic rings. The molecule has 2 nitrogen and oxygen atoms in total. The minimum atomic E-state index is 0. The summed E-state index contributed by atoms with van der Waals surface area (Å²) in [7, 11) is 0. The van der Waals surface area contributed by atoms with Crippen LogP contribution in [0.25, 0.3) is 0 Å². The van der Waals surface area contributed by atoms with Crippen LogP contribution in [0, 0.1) is 0 Å². The maximum Gasteiger partial charge on any atom is 0.0192 e. The lowest BCUT2D eigenvalue weighted by Crippen LogP contribution is -2.35. The first kappa shape index (κ1) is 12.2. The molecule has 58 valence electrons. The molecule has 0 saturated heterocycles. The van der Waals surface area contributed by atoms with Gasteiger partial charge in [-0.2, -0.15) is 0 Å². The van der Waals surface area contributed by atoms with Gasteiger partial charge in [0.1, 0.15) is 0 Å². The molecule has 1 aliphatic carbocycles. The Morgan fingerprint density at radius 1 is 0.889 bits per heavy atom. The van der Waals surface area contributed by atoms with Crippen LogP contribution in [0.3, 0.4) is 0 Å². The van der Waals surface area contributed by atoms with Gasteiger partial charge < -0.3 is 11.5 Å². The first-order valence-electron chi connectivity index (χ1n) is 2.82. The van der Waals surface area contributed by atoms with Gasteiger partial charge in [0.25, 0.3) is 0 Å². The van der Waals surface area contributed by atoms with E-state index in [2.05, 4.69) is 0 Å². The topological polar surface area (TPSA) is 52.0 Å². The maximum atomic E-state index is 5.55. The van der Waals surface area contributed by atoms with E-state index in [9.17, 15) is 0 Å². The fourth-order valence-electron chi connectivity index (χ4n) is 1.02. The Hall–Kier alpha value is 0.500. The van der Waals surface area contributed by atoms with Gasteiger partial charge in [0.2, 0.25) is 0 Å². The van der Waals surface area contributed by atoms with Crippen LogP contribution in [-0.2, 0) is 0 Å². The smallest absolute Gasteiger partial charge is 0.0192 e. The molecular formula is C5H14Cl2N2. The minimum Gasteiger partial charge on any atom is -0.326 e. The average molecular weight is 173 g/mol. The predicted octanol–water partition coefficient (Wildman–Crippen LogP) is 0.668. The SMILES string of the molecule is Cl.Cl.N[C@@H]1CCC[C@@H]1N. The highest BCUT2D eigenvalue weighted by Crippen LogP contribution is 2.13. The molecule has 0 heterocycles. The summed E-state index contributed by atoms with van der Waals surface area (Å²) in [5.41, 5.74) is 11.1. The molecule has 4 heteroatoms. The van der Waals surface area contributed by atoms with E-state index in [4.69, 9.17) is 11.5 Å². The molecule has 0 aliphatic heterocycles. The zero-order valence-corrected chi connectivity index (χ0v) is 6.88. The van der Waals surface area contributed by atoms with Gasteiger partial charge in [-0.05, 0) is 12.8 Å². The van der Waals surface area contributed by atoms with Crippen molar-refractivity contribution in [1.82, 2.24) is 0 Å². The summed E-state index contributed by atoms with van der Waals surface area (Å²) in [5, 5.41) is 0. The van der Waals surface area contributed by atoms with E-state index in [1.165, 1.54) is 6.42 Å². The Morgan fingerprint density at radius 3 is 1.33 bits per heavy atom. The van der Waals surface area contributed by atoms with Crippen LogP contribution in [0.1, 0.15) is 19.3 Å². The second-order valence-electron chi connectivity index (χ2n) is 2.26. The molecule has 0 unspecified atom stereocenters. The molecule has 0 amide bonds. The van der Waals surface area contributed by atoms with Crippen molar-refractivity contribution in [3.05, 3.63) is 0 Å². The van der Waals surface area contributed by atoms with Gasteiger partial charge in [0.15, 0.2) is 0 Å². The summed E-state index contributed by atoms with van der Waals surface area (Å²) in [6, 6.07) is 0.583. The molecule has 1 aliphatic rings. The van der Waals surface area contributed by atoms with Crippen molar-refractivity contribution < 1.29 is 0 Å². The highest BCUT2D eigenvalue weighted by Gasteiger charge is 2.18. The summed E-state index contributed by atoms with van der Waals surface area (Å²) >= 11 is 0. The Morgan fingerprint density at radius 2 is 1.22 bits per heavy atom. The number of rotatable bonds is 0. The number of hydrogen-bond acceptors (Lipinski definition) is 2. The molecule has 0 bridgehead atoms. The largest absolute Gasteiger partial charge is 0.326 e. The van der Waals surface area contributed by atoms with Crippen molar-refractivity contribution in [2.45, 2.75) is 31.3 Å². The van der Waals surface area contributed by atoms with Gasteiger partial charge in [-0.25, -0.2) is 0 Å². The quantitative estimate of drug-likeness (QED) is 0.565. The van der Waals surface area contributed by atoms with Gasteiger partial charge in [-0.3, -0.25) is 0 Å². The molecule has 0 aromatic heterocycles. The molecule has 1 saturated carbocycles. The lowest BCUT2D eigenvalue weighted by molar-refractivity contribution is 0.603.